The molecule has 1 heterocycles. The molecular formula is C24H31N7O9. The Balaban J connectivity index is 2.24. The number of aromatic hydroxyl groups is 1. The molecule has 1 aromatic carbocycles. The molecule has 0 saturated heterocycles. The van der Waals surface area contributed by atoms with Crippen LogP contribution in [0.3, 0.4) is 0 Å². The van der Waals surface area contributed by atoms with E-state index in [1.54, 1.807) is 0 Å². The number of nitrogens with one attached hydrogen (secondary N) is 4. The van der Waals surface area contributed by atoms with E-state index in [2.05, 4.69) is 25.9 Å². The van der Waals surface area contributed by atoms with Crippen LogP contribution in [0.4, 0.5) is 0 Å². The number of nitrogens with two attached hydrogens (primary N) is 2. The molecule has 0 radical (unpaired) electrons. The number of primary amides is 1. The SMILES string of the molecule is NC(=O)CCC(N)C(=O)NC(CC(=O)O)C(=O)NC(Cc1ccc(O)cc1)C(=O)NC(Cc1cnc[nH]1)C(=O)O. The highest BCUT2D eigenvalue weighted by molar-refractivity contribution is 5.95. The summed E-state index contributed by atoms with van der Waals surface area (Å²) in [5.74, 6) is -6.47. The van der Waals surface area contributed by atoms with Crippen molar-refractivity contribution in [1.29, 1.82) is 0 Å². The third kappa shape index (κ3) is 10.4. The third-order valence-corrected chi connectivity index (χ3v) is 5.65. The summed E-state index contributed by atoms with van der Waals surface area (Å²) in [6.45, 7) is 0. The highest BCUT2D eigenvalue weighted by Crippen LogP contribution is 2.12. The lowest BCUT2D eigenvalue weighted by atomic mass is 10.0. The molecule has 0 aliphatic carbocycles. The highest BCUT2D eigenvalue weighted by atomic mass is 16.4. The Morgan fingerprint density at radius 2 is 1.48 bits per heavy atom. The molecular weight excluding hydrogens is 530 g/mol. The van der Waals surface area contributed by atoms with Gasteiger partial charge in [-0.05, 0) is 24.1 Å². The van der Waals surface area contributed by atoms with Crippen molar-refractivity contribution in [1.82, 2.24) is 25.9 Å². The Bertz CT molecular complexity index is 1200. The maximum Gasteiger partial charge on any atom is 0.326 e. The number of amides is 4. The molecule has 0 bridgehead atoms. The molecule has 4 unspecified atom stereocenters. The van der Waals surface area contributed by atoms with Gasteiger partial charge in [0.05, 0.1) is 18.8 Å². The van der Waals surface area contributed by atoms with Gasteiger partial charge < -0.3 is 47.7 Å². The largest absolute Gasteiger partial charge is 0.508 e. The number of hydrogen-bond donors (Lipinski definition) is 9. The predicted molar refractivity (Wildman–Crippen MR) is 136 cm³/mol. The summed E-state index contributed by atoms with van der Waals surface area (Å²) in [5, 5.41) is 35.3. The van der Waals surface area contributed by atoms with Gasteiger partial charge in [-0.25, -0.2) is 9.78 Å². The Labute approximate surface area is 227 Å². The predicted octanol–water partition coefficient (Wildman–Crippen LogP) is -2.49. The standard InChI is InChI=1S/C24H31N7O9/c25-15(5-6-19(26)33)21(36)29-17(9-20(34)35)23(38)30-16(7-12-1-3-14(32)4-2-12)22(37)31-18(24(39)40)8-13-10-27-11-28-13/h1-4,10-11,15-18,32H,5-9,25H2,(H2,26,33)(H,27,28)(H,29,36)(H,30,38)(H,31,37)(H,34,35)(H,39,40). The van der Waals surface area contributed by atoms with Crippen LogP contribution in [0, 0.1) is 0 Å². The molecule has 4 atom stereocenters. The number of benzene rings is 1. The molecule has 1 aromatic heterocycles. The number of aliphatic carboxylic acids is 2. The van der Waals surface area contributed by atoms with E-state index >= 15 is 0 Å². The maximum absolute atomic E-state index is 13.2. The van der Waals surface area contributed by atoms with Crippen LogP contribution >= 0.6 is 0 Å². The molecule has 2 rings (SSSR count). The monoisotopic (exact) mass is 561 g/mol. The summed E-state index contributed by atoms with van der Waals surface area (Å²) in [4.78, 5) is 79.4. The minimum atomic E-state index is -1.67. The van der Waals surface area contributed by atoms with E-state index in [1.165, 1.54) is 36.8 Å². The molecule has 16 heteroatoms. The van der Waals surface area contributed by atoms with Crippen LogP contribution in [-0.4, -0.2) is 85.0 Å². The molecule has 2 aromatic rings. The number of carbonyl (C=O) groups excluding carboxylic acids is 4. The minimum absolute atomic E-state index is 0.0591. The number of imidazole rings is 1. The van der Waals surface area contributed by atoms with Crippen LogP contribution in [0.15, 0.2) is 36.8 Å². The quantitative estimate of drug-likeness (QED) is 0.103. The van der Waals surface area contributed by atoms with Crippen molar-refractivity contribution in [3.8, 4) is 5.75 Å². The summed E-state index contributed by atoms with van der Waals surface area (Å²) in [5.41, 5.74) is 11.6. The van der Waals surface area contributed by atoms with E-state index in [0.717, 1.165) is 0 Å². The van der Waals surface area contributed by atoms with Gasteiger partial charge in [0.15, 0.2) is 0 Å². The molecule has 0 fully saturated rings. The minimum Gasteiger partial charge on any atom is -0.508 e. The number of rotatable bonds is 16. The molecule has 216 valence electrons. The van der Waals surface area contributed by atoms with E-state index in [0.29, 0.717) is 11.3 Å². The Morgan fingerprint density at radius 1 is 0.875 bits per heavy atom. The number of carboxylic acid groups (broad SMARTS) is 2. The van der Waals surface area contributed by atoms with E-state index in [4.69, 9.17) is 11.5 Å². The topological polar surface area (TPSA) is 280 Å². The van der Waals surface area contributed by atoms with Crippen molar-refractivity contribution < 1.29 is 44.1 Å². The molecule has 0 spiro atoms. The zero-order valence-corrected chi connectivity index (χ0v) is 21.2. The fourth-order valence-electron chi connectivity index (χ4n) is 3.53. The van der Waals surface area contributed by atoms with Gasteiger partial charge in [-0.15, -0.1) is 0 Å². The Hall–Kier alpha value is -4.99. The molecule has 11 N–H and O–H groups in total. The number of hydrogen-bond acceptors (Lipinski definition) is 9. The molecule has 4 amide bonds. The Kier molecular flexibility index (Phi) is 11.6. The summed E-state index contributed by atoms with van der Waals surface area (Å²) in [7, 11) is 0. The number of aromatic amines is 1. The normalized spacial score (nSPS) is 13.7. The molecule has 0 aliphatic heterocycles. The lowest BCUT2D eigenvalue weighted by molar-refractivity contribution is -0.143. The maximum atomic E-state index is 13.2. The van der Waals surface area contributed by atoms with Crippen LogP contribution in [0.1, 0.15) is 30.5 Å². The van der Waals surface area contributed by atoms with Gasteiger partial charge in [0, 0.05) is 31.2 Å². The van der Waals surface area contributed by atoms with E-state index in [1.807, 2.05) is 0 Å². The van der Waals surface area contributed by atoms with Gasteiger partial charge in [0.1, 0.15) is 23.9 Å². The summed E-state index contributed by atoms with van der Waals surface area (Å²) in [6.07, 6.45) is 1.14. The van der Waals surface area contributed by atoms with E-state index in [-0.39, 0.29) is 31.4 Å². The van der Waals surface area contributed by atoms with Gasteiger partial charge in [-0.3, -0.25) is 24.0 Å². The Morgan fingerprint density at radius 3 is 2.02 bits per heavy atom. The van der Waals surface area contributed by atoms with Crippen LogP contribution < -0.4 is 27.4 Å². The van der Waals surface area contributed by atoms with Gasteiger partial charge >= 0.3 is 11.9 Å². The average molecular weight is 562 g/mol. The van der Waals surface area contributed by atoms with Crippen molar-refractivity contribution in [3.63, 3.8) is 0 Å². The summed E-state index contributed by atoms with van der Waals surface area (Å²) in [6, 6.07) is -0.157. The van der Waals surface area contributed by atoms with Crippen LogP contribution in [0.2, 0.25) is 0 Å². The number of aromatic nitrogens is 2. The van der Waals surface area contributed by atoms with Crippen molar-refractivity contribution in [2.45, 2.75) is 56.3 Å². The van der Waals surface area contributed by atoms with Crippen LogP contribution in [0.5, 0.6) is 5.75 Å². The van der Waals surface area contributed by atoms with Crippen molar-refractivity contribution in [2.75, 3.05) is 0 Å². The van der Waals surface area contributed by atoms with Crippen LogP contribution in [0.25, 0.3) is 0 Å². The lowest BCUT2D eigenvalue weighted by Gasteiger charge is -2.25. The van der Waals surface area contributed by atoms with Crippen molar-refractivity contribution in [3.05, 3.63) is 48.0 Å². The fourth-order valence-corrected chi connectivity index (χ4v) is 3.53. The molecule has 0 saturated carbocycles. The second-order valence-electron chi connectivity index (χ2n) is 8.88. The first-order chi connectivity index (χ1) is 18.8. The fraction of sp³-hybridized carbons (Fsp3) is 0.375. The zero-order chi connectivity index (χ0) is 29.8. The first kappa shape index (κ1) is 31.2. The number of carbonyl (C=O) groups is 6. The zero-order valence-electron chi connectivity index (χ0n) is 21.2. The van der Waals surface area contributed by atoms with Crippen molar-refractivity contribution >= 4 is 35.6 Å². The molecule has 16 nitrogen and oxygen atoms in total. The second kappa shape index (κ2) is 14.8. The van der Waals surface area contributed by atoms with Gasteiger partial charge in [0.2, 0.25) is 23.6 Å². The number of phenolic OH excluding ortho intramolecular Hbond substituents is 1. The third-order valence-electron chi connectivity index (χ3n) is 5.65. The number of phenols is 1. The number of carboxylic acids is 2. The smallest absolute Gasteiger partial charge is 0.326 e. The first-order valence-electron chi connectivity index (χ1n) is 12.0. The first-order valence-corrected chi connectivity index (χ1v) is 12.0. The number of H-pyrrole nitrogens is 1. The number of nitrogens with zero attached hydrogens (tertiary/aromatic N) is 1. The van der Waals surface area contributed by atoms with Crippen molar-refractivity contribution in [2.24, 2.45) is 11.5 Å². The average Bonchev–Trinajstić information content (AvgIpc) is 3.40. The lowest BCUT2D eigenvalue weighted by Crippen LogP contribution is -2.58. The van der Waals surface area contributed by atoms with Gasteiger partial charge in [-0.1, -0.05) is 12.1 Å². The second-order valence-corrected chi connectivity index (χ2v) is 8.88. The molecule has 40 heavy (non-hydrogen) atoms. The van der Waals surface area contributed by atoms with E-state index in [9.17, 15) is 44.1 Å². The van der Waals surface area contributed by atoms with Crippen LogP contribution in [-0.2, 0) is 41.6 Å². The van der Waals surface area contributed by atoms with Gasteiger partial charge in [0.25, 0.3) is 0 Å². The molecule has 0 aliphatic rings. The summed E-state index contributed by atoms with van der Waals surface area (Å²) >= 11 is 0. The summed E-state index contributed by atoms with van der Waals surface area (Å²) < 4.78 is 0. The van der Waals surface area contributed by atoms with Gasteiger partial charge in [-0.2, -0.15) is 0 Å². The van der Waals surface area contributed by atoms with E-state index < -0.39 is 66.2 Å². The highest BCUT2D eigenvalue weighted by Gasteiger charge is 2.32.